The van der Waals surface area contributed by atoms with E-state index in [9.17, 15) is 4.79 Å². The normalized spacial score (nSPS) is 16.1. The third-order valence-corrected chi connectivity index (χ3v) is 4.17. The second-order valence-corrected chi connectivity index (χ2v) is 6.79. The molecule has 1 amide bonds. The highest BCUT2D eigenvalue weighted by Crippen LogP contribution is 2.17. The summed E-state index contributed by atoms with van der Waals surface area (Å²) in [4.78, 5) is 14.4. The molecule has 0 radical (unpaired) electrons. The number of rotatable bonds is 7. The lowest BCUT2D eigenvalue weighted by molar-refractivity contribution is -0.117. The Labute approximate surface area is 140 Å². The minimum absolute atomic E-state index is 0.0698. The molecule has 1 aromatic carbocycles. The average Bonchev–Trinajstić information content (AvgIpc) is 2.77. The van der Waals surface area contributed by atoms with E-state index in [4.69, 9.17) is 4.74 Å². The van der Waals surface area contributed by atoms with Gasteiger partial charge in [0.2, 0.25) is 5.91 Å². The lowest BCUT2D eigenvalue weighted by atomic mass is 10.1. The zero-order valence-electron chi connectivity index (χ0n) is 14.5. The number of anilines is 1. The molecule has 0 atom stereocenters. The van der Waals surface area contributed by atoms with Gasteiger partial charge in [-0.1, -0.05) is 26.7 Å². The second-order valence-electron chi connectivity index (χ2n) is 6.79. The molecule has 1 fully saturated rings. The van der Waals surface area contributed by atoms with Crippen molar-refractivity contribution in [3.05, 3.63) is 24.3 Å². The first-order valence-electron chi connectivity index (χ1n) is 8.88. The Morgan fingerprint density at radius 1 is 1.13 bits per heavy atom. The van der Waals surface area contributed by atoms with Crippen molar-refractivity contribution in [3.8, 4) is 5.75 Å². The van der Waals surface area contributed by atoms with Gasteiger partial charge in [-0.2, -0.15) is 0 Å². The van der Waals surface area contributed by atoms with Crippen molar-refractivity contribution in [1.82, 2.24) is 4.90 Å². The smallest absolute Gasteiger partial charge is 0.238 e. The van der Waals surface area contributed by atoms with E-state index in [2.05, 4.69) is 24.1 Å². The number of carbonyl (C=O) groups is 1. The van der Waals surface area contributed by atoms with Crippen LogP contribution in [0.25, 0.3) is 0 Å². The van der Waals surface area contributed by atoms with Crippen molar-refractivity contribution in [1.29, 1.82) is 0 Å². The van der Waals surface area contributed by atoms with Gasteiger partial charge >= 0.3 is 0 Å². The van der Waals surface area contributed by atoms with E-state index in [1.165, 1.54) is 25.7 Å². The third-order valence-electron chi connectivity index (χ3n) is 4.17. The van der Waals surface area contributed by atoms with Gasteiger partial charge in [0, 0.05) is 5.69 Å². The summed E-state index contributed by atoms with van der Waals surface area (Å²) in [7, 11) is 0. The minimum atomic E-state index is 0.0698. The topological polar surface area (TPSA) is 41.6 Å². The van der Waals surface area contributed by atoms with Gasteiger partial charge in [0.15, 0.2) is 0 Å². The molecule has 4 heteroatoms. The van der Waals surface area contributed by atoms with Crippen molar-refractivity contribution in [2.45, 2.75) is 46.0 Å². The number of carbonyl (C=O) groups excluding carboxylic acids is 1. The first-order chi connectivity index (χ1) is 11.1. The van der Waals surface area contributed by atoms with Crippen LogP contribution in [0.1, 0.15) is 46.0 Å². The molecule has 0 saturated carbocycles. The standard InChI is InChI=1S/C19H30N2O2/c1-16(2)11-14-23-18-9-7-17(8-10-18)20-19(22)15-21-12-5-3-4-6-13-21/h7-10,16H,3-6,11-15H2,1-2H3,(H,20,22). The van der Waals surface area contributed by atoms with Crippen LogP contribution in [-0.4, -0.2) is 37.0 Å². The monoisotopic (exact) mass is 318 g/mol. The van der Waals surface area contributed by atoms with Crippen LogP contribution in [-0.2, 0) is 4.79 Å². The van der Waals surface area contributed by atoms with Crippen LogP contribution < -0.4 is 10.1 Å². The molecule has 2 rings (SSSR count). The van der Waals surface area contributed by atoms with Crippen molar-refractivity contribution >= 4 is 11.6 Å². The number of ether oxygens (including phenoxy) is 1. The molecule has 0 spiro atoms. The second kappa shape index (κ2) is 9.56. The molecule has 4 nitrogen and oxygen atoms in total. The van der Waals surface area contributed by atoms with Gasteiger partial charge in [0.1, 0.15) is 5.75 Å². The Morgan fingerprint density at radius 3 is 2.39 bits per heavy atom. The fourth-order valence-corrected chi connectivity index (χ4v) is 2.74. The van der Waals surface area contributed by atoms with Crippen molar-refractivity contribution in [3.63, 3.8) is 0 Å². The highest BCUT2D eigenvalue weighted by atomic mass is 16.5. The Morgan fingerprint density at radius 2 is 1.78 bits per heavy atom. The van der Waals surface area contributed by atoms with E-state index in [1.807, 2.05) is 24.3 Å². The quantitative estimate of drug-likeness (QED) is 0.828. The van der Waals surface area contributed by atoms with Gasteiger partial charge in [-0.3, -0.25) is 9.69 Å². The molecule has 0 bridgehead atoms. The Kier molecular flexibility index (Phi) is 7.40. The molecule has 128 valence electrons. The number of hydrogen-bond donors (Lipinski definition) is 1. The Hall–Kier alpha value is -1.55. The van der Waals surface area contributed by atoms with Gasteiger partial charge in [-0.05, 0) is 62.5 Å². The predicted octanol–water partition coefficient (Wildman–Crippen LogP) is 3.93. The average molecular weight is 318 g/mol. The number of amides is 1. The molecule has 0 unspecified atom stereocenters. The molecule has 1 heterocycles. The number of nitrogens with zero attached hydrogens (tertiary/aromatic N) is 1. The van der Waals surface area contributed by atoms with Crippen LogP contribution in [0.4, 0.5) is 5.69 Å². The summed E-state index contributed by atoms with van der Waals surface area (Å²) in [5, 5.41) is 2.98. The molecule has 1 saturated heterocycles. The summed E-state index contributed by atoms with van der Waals surface area (Å²) in [6, 6.07) is 7.65. The maximum atomic E-state index is 12.1. The summed E-state index contributed by atoms with van der Waals surface area (Å²) >= 11 is 0. The maximum Gasteiger partial charge on any atom is 0.238 e. The fourth-order valence-electron chi connectivity index (χ4n) is 2.74. The first-order valence-corrected chi connectivity index (χ1v) is 8.88. The van der Waals surface area contributed by atoms with Crippen LogP contribution in [0.5, 0.6) is 5.75 Å². The van der Waals surface area contributed by atoms with Crippen molar-refractivity contribution in [2.24, 2.45) is 5.92 Å². The van der Waals surface area contributed by atoms with Crippen LogP contribution in [0.2, 0.25) is 0 Å². The number of benzene rings is 1. The van der Waals surface area contributed by atoms with E-state index in [0.717, 1.165) is 37.6 Å². The molecular weight excluding hydrogens is 288 g/mol. The molecule has 23 heavy (non-hydrogen) atoms. The van der Waals surface area contributed by atoms with E-state index in [0.29, 0.717) is 12.5 Å². The first kappa shape index (κ1) is 17.8. The number of likely N-dealkylation sites (tertiary alicyclic amines) is 1. The summed E-state index contributed by atoms with van der Waals surface area (Å²) in [5.74, 6) is 1.57. The van der Waals surface area contributed by atoms with Crippen molar-refractivity contribution < 1.29 is 9.53 Å². The van der Waals surface area contributed by atoms with E-state index < -0.39 is 0 Å². The minimum Gasteiger partial charge on any atom is -0.494 e. The van der Waals surface area contributed by atoms with Crippen LogP contribution in [0.15, 0.2) is 24.3 Å². The van der Waals surface area contributed by atoms with E-state index in [1.54, 1.807) is 0 Å². The van der Waals surface area contributed by atoms with E-state index in [-0.39, 0.29) is 5.91 Å². The van der Waals surface area contributed by atoms with Gasteiger partial charge in [0.05, 0.1) is 13.2 Å². The molecule has 0 aromatic heterocycles. The SMILES string of the molecule is CC(C)CCOc1ccc(NC(=O)CN2CCCCCC2)cc1. The summed E-state index contributed by atoms with van der Waals surface area (Å²) in [5.41, 5.74) is 0.834. The van der Waals surface area contributed by atoms with Gasteiger partial charge < -0.3 is 10.1 Å². The van der Waals surface area contributed by atoms with Gasteiger partial charge in [-0.25, -0.2) is 0 Å². The lowest BCUT2D eigenvalue weighted by Crippen LogP contribution is -2.33. The maximum absolute atomic E-state index is 12.1. The zero-order chi connectivity index (χ0) is 16.5. The van der Waals surface area contributed by atoms with Crippen molar-refractivity contribution in [2.75, 3.05) is 31.6 Å². The van der Waals surface area contributed by atoms with Crippen LogP contribution in [0.3, 0.4) is 0 Å². The highest BCUT2D eigenvalue weighted by molar-refractivity contribution is 5.92. The van der Waals surface area contributed by atoms with Gasteiger partial charge in [0.25, 0.3) is 0 Å². The predicted molar refractivity (Wildman–Crippen MR) is 94.9 cm³/mol. The fraction of sp³-hybridized carbons (Fsp3) is 0.632. The number of nitrogens with one attached hydrogen (secondary N) is 1. The largest absolute Gasteiger partial charge is 0.494 e. The molecule has 1 aromatic rings. The summed E-state index contributed by atoms with van der Waals surface area (Å²) in [6.07, 6.45) is 6.03. The highest BCUT2D eigenvalue weighted by Gasteiger charge is 2.13. The molecular formula is C19H30N2O2. The van der Waals surface area contributed by atoms with E-state index >= 15 is 0 Å². The molecule has 1 N–H and O–H groups in total. The lowest BCUT2D eigenvalue weighted by Gasteiger charge is -2.19. The summed E-state index contributed by atoms with van der Waals surface area (Å²) < 4.78 is 5.69. The molecule has 0 aliphatic carbocycles. The zero-order valence-corrected chi connectivity index (χ0v) is 14.5. The van der Waals surface area contributed by atoms with Crippen LogP contribution in [0, 0.1) is 5.92 Å². The molecule has 1 aliphatic rings. The van der Waals surface area contributed by atoms with Gasteiger partial charge in [-0.15, -0.1) is 0 Å². The third kappa shape index (κ3) is 7.04. The molecule has 1 aliphatic heterocycles. The summed E-state index contributed by atoms with van der Waals surface area (Å²) in [6.45, 7) is 7.68. The Bertz CT molecular complexity index is 463. The van der Waals surface area contributed by atoms with Crippen LogP contribution >= 0.6 is 0 Å². The number of hydrogen-bond acceptors (Lipinski definition) is 3. The Balaban J connectivity index is 1.74.